The Balaban J connectivity index is 1.89. The van der Waals surface area contributed by atoms with Crippen molar-refractivity contribution >= 4 is 11.5 Å². The number of hydrogen-bond acceptors (Lipinski definition) is 6. The lowest BCUT2D eigenvalue weighted by Gasteiger charge is -2.12. The van der Waals surface area contributed by atoms with Gasteiger partial charge in [0.1, 0.15) is 17.8 Å². The van der Waals surface area contributed by atoms with Crippen LogP contribution < -0.4 is 15.8 Å². The van der Waals surface area contributed by atoms with Gasteiger partial charge in [-0.25, -0.2) is 9.97 Å². The number of nitrogens with zero attached hydrogens (tertiary/aromatic N) is 2. The van der Waals surface area contributed by atoms with Gasteiger partial charge < -0.3 is 20.9 Å². The van der Waals surface area contributed by atoms with Gasteiger partial charge in [-0.05, 0) is 29.8 Å². The zero-order valence-electron chi connectivity index (χ0n) is 13.9. The third-order valence-corrected chi connectivity index (χ3v) is 3.62. The number of hydrogen-bond donors (Lipinski definition) is 3. The lowest BCUT2D eigenvalue weighted by Crippen LogP contribution is -2.17. The van der Waals surface area contributed by atoms with Crippen molar-refractivity contribution in [1.82, 2.24) is 9.97 Å². The normalized spacial score (nSPS) is 11.3. The highest BCUT2D eigenvalue weighted by molar-refractivity contribution is 5.75. The number of rotatable bonds is 5. The molecule has 0 spiro atoms. The SMILES string of the molecule is NCc1ccc(Nc2ncnc(-c3cccc(OC(F)(F)F)c3)c2O)cc1. The van der Waals surface area contributed by atoms with Gasteiger partial charge in [-0.3, -0.25) is 0 Å². The lowest BCUT2D eigenvalue weighted by atomic mass is 10.1. The maximum Gasteiger partial charge on any atom is 0.573 e. The Kier molecular flexibility index (Phi) is 5.13. The molecule has 3 rings (SSSR count). The second-order valence-electron chi connectivity index (χ2n) is 5.52. The molecule has 2 aromatic carbocycles. The molecule has 0 aliphatic rings. The topological polar surface area (TPSA) is 93.3 Å². The van der Waals surface area contributed by atoms with Gasteiger partial charge in [0.15, 0.2) is 11.6 Å². The lowest BCUT2D eigenvalue weighted by molar-refractivity contribution is -0.274. The Morgan fingerprint density at radius 1 is 1.07 bits per heavy atom. The van der Waals surface area contributed by atoms with Crippen LogP contribution in [0, 0.1) is 0 Å². The predicted molar refractivity (Wildman–Crippen MR) is 93.4 cm³/mol. The molecule has 1 heterocycles. The number of nitrogens with two attached hydrogens (primary N) is 1. The molecule has 0 fully saturated rings. The van der Waals surface area contributed by atoms with E-state index in [0.717, 1.165) is 17.7 Å². The molecule has 0 radical (unpaired) electrons. The molecule has 27 heavy (non-hydrogen) atoms. The minimum absolute atomic E-state index is 0.0682. The fourth-order valence-electron chi connectivity index (χ4n) is 2.38. The van der Waals surface area contributed by atoms with Crippen molar-refractivity contribution in [2.75, 3.05) is 5.32 Å². The Morgan fingerprint density at radius 3 is 2.48 bits per heavy atom. The molecule has 0 atom stereocenters. The number of nitrogens with one attached hydrogen (secondary N) is 1. The van der Waals surface area contributed by atoms with Gasteiger partial charge in [0.25, 0.3) is 0 Å². The van der Waals surface area contributed by atoms with Crippen molar-refractivity contribution in [3.8, 4) is 22.8 Å². The molecule has 140 valence electrons. The zero-order chi connectivity index (χ0) is 19.4. The highest BCUT2D eigenvalue weighted by Crippen LogP contribution is 2.35. The standard InChI is InChI=1S/C18H15F3N4O2/c19-18(20,21)27-14-3-1-2-12(8-14)15-16(26)17(24-10-23-15)25-13-6-4-11(9-22)5-7-13/h1-8,10,26H,9,22H2,(H,23,24,25). The highest BCUT2D eigenvalue weighted by Gasteiger charge is 2.31. The maximum atomic E-state index is 12.4. The number of ether oxygens (including phenoxy) is 1. The summed E-state index contributed by atoms with van der Waals surface area (Å²) >= 11 is 0. The van der Waals surface area contributed by atoms with E-state index >= 15 is 0 Å². The van der Waals surface area contributed by atoms with Crippen LogP contribution in [-0.4, -0.2) is 21.4 Å². The van der Waals surface area contributed by atoms with Gasteiger partial charge in [-0.1, -0.05) is 24.3 Å². The monoisotopic (exact) mass is 376 g/mol. The van der Waals surface area contributed by atoms with Gasteiger partial charge in [-0.15, -0.1) is 13.2 Å². The fraction of sp³-hybridized carbons (Fsp3) is 0.111. The summed E-state index contributed by atoms with van der Waals surface area (Å²) in [4.78, 5) is 7.94. The summed E-state index contributed by atoms with van der Waals surface area (Å²) < 4.78 is 41.1. The molecule has 0 saturated heterocycles. The summed E-state index contributed by atoms with van der Waals surface area (Å²) in [5, 5.41) is 13.4. The van der Waals surface area contributed by atoms with Crippen LogP contribution in [0.5, 0.6) is 11.5 Å². The quantitative estimate of drug-likeness (QED) is 0.624. The zero-order valence-corrected chi connectivity index (χ0v) is 13.9. The first-order chi connectivity index (χ1) is 12.9. The van der Waals surface area contributed by atoms with E-state index in [4.69, 9.17) is 5.73 Å². The van der Waals surface area contributed by atoms with Crippen molar-refractivity contribution in [3.63, 3.8) is 0 Å². The summed E-state index contributed by atoms with van der Waals surface area (Å²) in [5.41, 5.74) is 7.46. The Morgan fingerprint density at radius 2 is 1.81 bits per heavy atom. The van der Waals surface area contributed by atoms with E-state index in [9.17, 15) is 18.3 Å². The summed E-state index contributed by atoms with van der Waals surface area (Å²) in [7, 11) is 0. The number of aromatic hydroxyl groups is 1. The Hall–Kier alpha value is -3.33. The van der Waals surface area contributed by atoms with Gasteiger partial charge in [0, 0.05) is 17.8 Å². The van der Waals surface area contributed by atoms with Gasteiger partial charge in [0.2, 0.25) is 0 Å². The molecule has 6 nitrogen and oxygen atoms in total. The van der Waals surface area contributed by atoms with E-state index in [1.807, 2.05) is 12.1 Å². The molecule has 4 N–H and O–H groups in total. The van der Waals surface area contributed by atoms with Crippen molar-refractivity contribution in [1.29, 1.82) is 0 Å². The second kappa shape index (κ2) is 7.50. The Labute approximate surface area is 152 Å². The number of alkyl halides is 3. The fourth-order valence-corrected chi connectivity index (χ4v) is 2.38. The van der Waals surface area contributed by atoms with Crippen LogP contribution in [0.1, 0.15) is 5.56 Å². The van der Waals surface area contributed by atoms with E-state index in [0.29, 0.717) is 12.2 Å². The van der Waals surface area contributed by atoms with Gasteiger partial charge in [-0.2, -0.15) is 0 Å². The molecule has 0 bridgehead atoms. The van der Waals surface area contributed by atoms with E-state index in [-0.39, 0.29) is 22.8 Å². The van der Waals surface area contributed by atoms with E-state index in [1.165, 1.54) is 18.5 Å². The number of benzene rings is 2. The number of aromatic nitrogens is 2. The molecule has 1 aromatic heterocycles. The van der Waals surface area contributed by atoms with E-state index in [2.05, 4.69) is 20.0 Å². The molecule has 0 aliphatic heterocycles. The molecule has 9 heteroatoms. The molecule has 0 amide bonds. The third kappa shape index (κ3) is 4.64. The van der Waals surface area contributed by atoms with Crippen LogP contribution in [0.15, 0.2) is 54.9 Å². The third-order valence-electron chi connectivity index (χ3n) is 3.62. The smallest absolute Gasteiger partial charge is 0.503 e. The van der Waals surface area contributed by atoms with Crippen LogP contribution in [0.3, 0.4) is 0 Å². The van der Waals surface area contributed by atoms with Crippen LogP contribution >= 0.6 is 0 Å². The molecular weight excluding hydrogens is 361 g/mol. The average molecular weight is 376 g/mol. The second-order valence-corrected chi connectivity index (χ2v) is 5.52. The van der Waals surface area contributed by atoms with Crippen LogP contribution in [0.25, 0.3) is 11.3 Å². The molecule has 0 unspecified atom stereocenters. The van der Waals surface area contributed by atoms with E-state index < -0.39 is 12.1 Å². The predicted octanol–water partition coefficient (Wildman–Crippen LogP) is 3.95. The minimum atomic E-state index is -4.81. The van der Waals surface area contributed by atoms with Crippen molar-refractivity contribution in [3.05, 3.63) is 60.4 Å². The van der Waals surface area contributed by atoms with Crippen LogP contribution in [0.2, 0.25) is 0 Å². The molecule has 0 saturated carbocycles. The number of halogens is 3. The van der Waals surface area contributed by atoms with Crippen molar-refractivity contribution < 1.29 is 23.0 Å². The van der Waals surface area contributed by atoms with Crippen LogP contribution in [-0.2, 0) is 6.54 Å². The molecular formula is C18H15F3N4O2. The van der Waals surface area contributed by atoms with Gasteiger partial charge in [0.05, 0.1) is 0 Å². The average Bonchev–Trinajstić information content (AvgIpc) is 2.63. The highest BCUT2D eigenvalue weighted by atomic mass is 19.4. The van der Waals surface area contributed by atoms with Crippen molar-refractivity contribution in [2.45, 2.75) is 12.9 Å². The summed E-state index contributed by atoms with van der Waals surface area (Å²) in [6.45, 7) is 0.402. The Bertz CT molecular complexity index is 931. The van der Waals surface area contributed by atoms with Crippen molar-refractivity contribution in [2.24, 2.45) is 5.73 Å². The first-order valence-electron chi connectivity index (χ1n) is 7.82. The van der Waals surface area contributed by atoms with Crippen LogP contribution in [0.4, 0.5) is 24.7 Å². The maximum absolute atomic E-state index is 12.4. The summed E-state index contributed by atoms with van der Waals surface area (Å²) in [6, 6.07) is 12.3. The largest absolute Gasteiger partial charge is 0.573 e. The summed E-state index contributed by atoms with van der Waals surface area (Å²) in [5.74, 6) is -0.600. The first-order valence-corrected chi connectivity index (χ1v) is 7.82. The van der Waals surface area contributed by atoms with E-state index in [1.54, 1.807) is 12.1 Å². The summed E-state index contributed by atoms with van der Waals surface area (Å²) in [6.07, 6.45) is -3.61. The molecule has 3 aromatic rings. The minimum Gasteiger partial charge on any atom is -0.503 e. The molecule has 0 aliphatic carbocycles. The number of anilines is 2. The van der Waals surface area contributed by atoms with Gasteiger partial charge >= 0.3 is 6.36 Å². The first kappa shape index (κ1) is 18.5.